The molecule has 0 spiro atoms. The van der Waals surface area contributed by atoms with Gasteiger partial charge in [0.25, 0.3) is 0 Å². The van der Waals surface area contributed by atoms with Gasteiger partial charge in [-0.1, -0.05) is 17.7 Å². The van der Waals surface area contributed by atoms with Crippen LogP contribution in [0.15, 0.2) is 12.1 Å². The molecule has 3 rings (SSSR count). The molecule has 5 nitrogen and oxygen atoms in total. The zero-order valence-corrected chi connectivity index (χ0v) is 14.9. The predicted molar refractivity (Wildman–Crippen MR) is 91.8 cm³/mol. The van der Waals surface area contributed by atoms with E-state index in [2.05, 4.69) is 5.32 Å². The van der Waals surface area contributed by atoms with Crippen LogP contribution in [0.1, 0.15) is 30.4 Å². The van der Waals surface area contributed by atoms with Crippen molar-refractivity contribution in [2.45, 2.75) is 38.8 Å². The Balaban J connectivity index is 1.76. The molecule has 2 unspecified atom stereocenters. The van der Waals surface area contributed by atoms with E-state index >= 15 is 0 Å². The van der Waals surface area contributed by atoms with Crippen LogP contribution in [0.25, 0.3) is 0 Å². The summed E-state index contributed by atoms with van der Waals surface area (Å²) in [7, 11) is 0. The van der Waals surface area contributed by atoms with Gasteiger partial charge in [0.1, 0.15) is 5.82 Å². The summed E-state index contributed by atoms with van der Waals surface area (Å²) in [5, 5.41) is 12.7. The quantitative estimate of drug-likeness (QED) is 0.838. The van der Waals surface area contributed by atoms with Crippen molar-refractivity contribution in [2.75, 3.05) is 13.1 Å². The first kappa shape index (κ1) is 18.1. The van der Waals surface area contributed by atoms with E-state index in [1.54, 1.807) is 13.0 Å². The van der Waals surface area contributed by atoms with Crippen molar-refractivity contribution in [3.63, 3.8) is 0 Å². The van der Waals surface area contributed by atoms with Crippen molar-refractivity contribution in [3.05, 3.63) is 34.1 Å². The molecule has 136 valence electrons. The predicted octanol–water partition coefficient (Wildman–Crippen LogP) is 2.59. The normalized spacial score (nSPS) is 24.1. The van der Waals surface area contributed by atoms with Crippen LogP contribution in [0, 0.1) is 24.6 Å². The van der Waals surface area contributed by atoms with Crippen LogP contribution in [0.3, 0.4) is 0 Å². The second-order valence-electron chi connectivity index (χ2n) is 7.10. The molecule has 1 saturated heterocycles. The van der Waals surface area contributed by atoms with E-state index in [1.807, 2.05) is 4.90 Å². The van der Waals surface area contributed by atoms with Crippen LogP contribution >= 0.6 is 11.6 Å². The number of carbonyl (C=O) groups excluding carboxylic acids is 1. The molecule has 1 heterocycles. The van der Waals surface area contributed by atoms with Gasteiger partial charge in [-0.15, -0.1) is 0 Å². The summed E-state index contributed by atoms with van der Waals surface area (Å²) in [6.45, 7) is 2.69. The third-order valence-electron chi connectivity index (χ3n) is 4.93. The van der Waals surface area contributed by atoms with Crippen LogP contribution in [0.2, 0.25) is 5.02 Å². The molecule has 1 aliphatic heterocycles. The summed E-state index contributed by atoms with van der Waals surface area (Å²) >= 11 is 6.23. The Hall–Kier alpha value is -1.66. The number of hydrogen-bond donors (Lipinski definition) is 2. The van der Waals surface area contributed by atoms with E-state index in [0.717, 1.165) is 18.4 Å². The van der Waals surface area contributed by atoms with Crippen molar-refractivity contribution in [3.8, 4) is 0 Å². The van der Waals surface area contributed by atoms with Gasteiger partial charge in [0.15, 0.2) is 0 Å². The van der Waals surface area contributed by atoms with Gasteiger partial charge in [0.2, 0.25) is 5.91 Å². The largest absolute Gasteiger partial charge is 0.481 e. The number of carboxylic acids is 1. The van der Waals surface area contributed by atoms with E-state index in [1.165, 1.54) is 6.07 Å². The number of aryl methyl sites for hydroxylation is 1. The molecule has 1 saturated carbocycles. The zero-order chi connectivity index (χ0) is 18.1. The average molecular weight is 369 g/mol. The first-order chi connectivity index (χ1) is 11.8. The summed E-state index contributed by atoms with van der Waals surface area (Å²) < 4.78 is 14.2. The van der Waals surface area contributed by atoms with Crippen LogP contribution in [-0.2, 0) is 16.1 Å². The van der Waals surface area contributed by atoms with E-state index in [-0.39, 0.29) is 25.0 Å². The highest BCUT2D eigenvalue weighted by Gasteiger charge is 2.37. The smallest absolute Gasteiger partial charge is 0.307 e. The molecule has 7 heteroatoms. The Kier molecular flexibility index (Phi) is 5.29. The lowest BCUT2D eigenvalue weighted by Gasteiger charge is -2.35. The maximum atomic E-state index is 14.2. The number of carboxylic acid groups (broad SMARTS) is 1. The van der Waals surface area contributed by atoms with Crippen molar-refractivity contribution in [2.24, 2.45) is 11.8 Å². The zero-order valence-electron chi connectivity index (χ0n) is 14.1. The van der Waals surface area contributed by atoms with E-state index < -0.39 is 23.6 Å². The third kappa shape index (κ3) is 4.30. The fraction of sp³-hybridized carbons (Fsp3) is 0.556. The molecule has 0 radical (unpaired) electrons. The lowest BCUT2D eigenvalue weighted by atomic mass is 9.88. The Morgan fingerprint density at radius 1 is 1.32 bits per heavy atom. The van der Waals surface area contributed by atoms with Crippen LogP contribution in [0.5, 0.6) is 0 Å². The molecule has 2 fully saturated rings. The lowest BCUT2D eigenvalue weighted by molar-refractivity contribution is -0.145. The summed E-state index contributed by atoms with van der Waals surface area (Å²) in [4.78, 5) is 25.7. The minimum atomic E-state index is -0.926. The van der Waals surface area contributed by atoms with E-state index in [4.69, 9.17) is 11.6 Å². The second-order valence-corrected chi connectivity index (χ2v) is 7.48. The van der Waals surface area contributed by atoms with E-state index in [9.17, 15) is 19.1 Å². The highest BCUT2D eigenvalue weighted by Crippen LogP contribution is 2.29. The monoisotopic (exact) mass is 368 g/mol. The lowest BCUT2D eigenvalue weighted by Crippen LogP contribution is -2.48. The average Bonchev–Trinajstić information content (AvgIpc) is 3.38. The van der Waals surface area contributed by atoms with Crippen molar-refractivity contribution in [1.82, 2.24) is 10.2 Å². The highest BCUT2D eigenvalue weighted by molar-refractivity contribution is 6.32. The van der Waals surface area contributed by atoms with Gasteiger partial charge < -0.3 is 10.4 Å². The fourth-order valence-electron chi connectivity index (χ4n) is 3.32. The molecule has 2 atom stereocenters. The minimum absolute atomic E-state index is 0.103. The fourth-order valence-corrected chi connectivity index (χ4v) is 3.53. The molecule has 0 aromatic heterocycles. The highest BCUT2D eigenvalue weighted by atomic mass is 35.5. The molecule has 2 N–H and O–H groups in total. The van der Waals surface area contributed by atoms with Crippen LogP contribution < -0.4 is 5.32 Å². The summed E-state index contributed by atoms with van der Waals surface area (Å²) in [6.07, 6.45) is 2.28. The van der Waals surface area contributed by atoms with E-state index in [0.29, 0.717) is 23.6 Å². The minimum Gasteiger partial charge on any atom is -0.481 e. The summed E-state index contributed by atoms with van der Waals surface area (Å²) in [5.74, 6) is -2.48. The van der Waals surface area contributed by atoms with Crippen molar-refractivity contribution < 1.29 is 19.1 Å². The number of rotatable bonds is 5. The maximum Gasteiger partial charge on any atom is 0.307 e. The first-order valence-corrected chi connectivity index (χ1v) is 8.92. The molecule has 1 aliphatic carbocycles. The second kappa shape index (κ2) is 7.30. The topological polar surface area (TPSA) is 69.6 Å². The van der Waals surface area contributed by atoms with Gasteiger partial charge in [-0.2, -0.15) is 0 Å². The van der Waals surface area contributed by atoms with Gasteiger partial charge in [0.05, 0.1) is 16.9 Å². The number of aliphatic carboxylic acids is 1. The Bertz CT molecular complexity index is 693. The molecule has 1 aromatic carbocycles. The number of piperidine rings is 1. The number of benzene rings is 1. The van der Waals surface area contributed by atoms with Gasteiger partial charge >= 0.3 is 5.97 Å². The standard InChI is InChI=1S/C18H22ClFN2O3/c1-10-2-5-15(20)14(16(10)19)9-22-7-11(6-12(8-22)18(24)25)17(23)21-13-3-4-13/h2,5,11-13H,3-4,6-9H2,1H3,(H,21,23)(H,24,25). The summed E-state index contributed by atoms with van der Waals surface area (Å²) in [5.41, 5.74) is 1.13. The molecule has 2 aliphatic rings. The first-order valence-electron chi connectivity index (χ1n) is 8.54. The molecule has 1 aromatic rings. The number of nitrogens with one attached hydrogen (secondary N) is 1. The maximum absolute atomic E-state index is 14.2. The third-order valence-corrected chi connectivity index (χ3v) is 5.46. The Morgan fingerprint density at radius 3 is 2.64 bits per heavy atom. The number of amides is 1. The molecular formula is C18H22ClFN2O3. The Labute approximate surface area is 151 Å². The summed E-state index contributed by atoms with van der Waals surface area (Å²) in [6, 6.07) is 3.21. The number of hydrogen-bond acceptors (Lipinski definition) is 3. The SMILES string of the molecule is Cc1ccc(F)c(CN2CC(C(=O)O)CC(C(=O)NC3CC3)C2)c1Cl. The van der Waals surface area contributed by atoms with Gasteiger partial charge in [-0.3, -0.25) is 14.5 Å². The number of nitrogens with zero attached hydrogens (tertiary/aromatic N) is 1. The van der Waals surface area contributed by atoms with Crippen molar-refractivity contribution >= 4 is 23.5 Å². The Morgan fingerprint density at radius 2 is 2.00 bits per heavy atom. The van der Waals surface area contributed by atoms with Crippen LogP contribution in [-0.4, -0.2) is 41.0 Å². The van der Waals surface area contributed by atoms with Gasteiger partial charge in [-0.25, -0.2) is 4.39 Å². The number of likely N-dealkylation sites (tertiary alicyclic amines) is 1. The number of halogens is 2. The molecule has 25 heavy (non-hydrogen) atoms. The number of carbonyl (C=O) groups is 2. The molecule has 0 bridgehead atoms. The molecule has 1 amide bonds. The van der Waals surface area contributed by atoms with Gasteiger partial charge in [-0.05, 0) is 37.8 Å². The van der Waals surface area contributed by atoms with Crippen molar-refractivity contribution in [1.29, 1.82) is 0 Å². The van der Waals surface area contributed by atoms with Crippen LogP contribution in [0.4, 0.5) is 4.39 Å². The molecular weight excluding hydrogens is 347 g/mol. The van der Waals surface area contributed by atoms with Gasteiger partial charge in [0, 0.05) is 31.2 Å².